The molecular formula is C2H4N4. The summed E-state index contributed by atoms with van der Waals surface area (Å²) in [5, 5.41) is 10.1. The van der Waals surface area contributed by atoms with Crippen molar-refractivity contribution in [3.63, 3.8) is 0 Å². The van der Waals surface area contributed by atoms with Crippen LogP contribution >= 0.6 is 0 Å². The molecule has 0 aromatic heterocycles. The highest BCUT2D eigenvalue weighted by atomic mass is 15.5. The maximum absolute atomic E-state index is 3.45. The molecule has 1 rings (SSSR count). The summed E-state index contributed by atoms with van der Waals surface area (Å²) in [6, 6.07) is 0. The molecule has 1 N–H and O–H groups in total. The molecule has 0 unspecified atom stereocenters. The van der Waals surface area contributed by atoms with Crippen LogP contribution in [0.2, 0.25) is 0 Å². The first-order valence-corrected chi connectivity index (χ1v) is 1.64. The molecule has 1 aliphatic heterocycles. The van der Waals surface area contributed by atoms with Crippen molar-refractivity contribution in [3.05, 3.63) is 0 Å². The van der Waals surface area contributed by atoms with E-state index in [0.29, 0.717) is 6.54 Å². The van der Waals surface area contributed by atoms with Gasteiger partial charge in [0.1, 0.15) is 0 Å². The molecule has 0 bridgehead atoms. The smallest absolute Gasteiger partial charge is 0.0719 e. The van der Waals surface area contributed by atoms with Crippen molar-refractivity contribution >= 4 is 6.21 Å². The zero-order valence-corrected chi connectivity index (χ0v) is 3.13. The lowest BCUT2D eigenvalue weighted by molar-refractivity contribution is 0.729. The van der Waals surface area contributed by atoms with Crippen molar-refractivity contribution in [2.45, 2.75) is 0 Å². The first-order valence-electron chi connectivity index (χ1n) is 1.64. The zero-order valence-electron chi connectivity index (χ0n) is 3.13. The van der Waals surface area contributed by atoms with Crippen molar-refractivity contribution in [2.24, 2.45) is 15.5 Å². The second-order valence-electron chi connectivity index (χ2n) is 0.850. The van der Waals surface area contributed by atoms with Gasteiger partial charge >= 0.3 is 0 Å². The third-order valence-corrected chi connectivity index (χ3v) is 0.431. The van der Waals surface area contributed by atoms with Crippen LogP contribution in [0.3, 0.4) is 0 Å². The van der Waals surface area contributed by atoms with E-state index in [4.69, 9.17) is 0 Å². The lowest BCUT2D eigenvalue weighted by Gasteiger charge is -1.90. The molecule has 0 radical (unpaired) electrons. The molecule has 6 heavy (non-hydrogen) atoms. The Morgan fingerprint density at radius 3 is 2.83 bits per heavy atom. The minimum Gasteiger partial charge on any atom is -0.285 e. The molecule has 4 heteroatoms. The Morgan fingerprint density at radius 1 is 1.67 bits per heavy atom. The van der Waals surface area contributed by atoms with E-state index in [1.165, 1.54) is 0 Å². The average molecular weight is 84.1 g/mol. The first-order chi connectivity index (χ1) is 3.00. The fraction of sp³-hybridized carbons (Fsp3) is 0.500. The summed E-state index contributed by atoms with van der Waals surface area (Å²) in [7, 11) is 0. The summed E-state index contributed by atoms with van der Waals surface area (Å²) in [6.07, 6.45) is 1.65. The summed E-state index contributed by atoms with van der Waals surface area (Å²) in [5.41, 5.74) is 2.59. The normalized spacial score (nSPS) is 17.3. The van der Waals surface area contributed by atoms with Gasteiger partial charge in [-0.2, -0.15) is 0 Å². The Morgan fingerprint density at radius 2 is 2.67 bits per heavy atom. The highest BCUT2D eigenvalue weighted by Crippen LogP contribution is 1.74. The predicted molar refractivity (Wildman–Crippen MR) is 21.4 cm³/mol. The van der Waals surface area contributed by atoms with Gasteiger partial charge in [-0.15, -0.1) is 5.10 Å². The maximum Gasteiger partial charge on any atom is 0.0719 e. The van der Waals surface area contributed by atoms with Gasteiger partial charge in [-0.3, -0.25) is 5.43 Å². The fourth-order valence-electron chi connectivity index (χ4n) is 0.216. The monoisotopic (exact) mass is 84.0 g/mol. The number of nitrogens with zero attached hydrogens (tertiary/aromatic N) is 3. The summed E-state index contributed by atoms with van der Waals surface area (Å²) in [6.45, 7) is 0.698. The molecule has 0 aliphatic carbocycles. The standard InChI is InChI=1S/C2H4N4/c1-2-4-6-5-3-1/h1H,2H2,(H,4,5). The molecule has 0 spiro atoms. The highest BCUT2D eigenvalue weighted by molar-refractivity contribution is 5.59. The van der Waals surface area contributed by atoms with Gasteiger partial charge in [0.2, 0.25) is 0 Å². The molecule has 0 atom stereocenters. The minimum absolute atomic E-state index is 0.698. The van der Waals surface area contributed by atoms with Gasteiger partial charge in [-0.25, -0.2) is 0 Å². The Bertz CT molecular complexity index is 71.5. The van der Waals surface area contributed by atoms with Crippen LogP contribution in [0.15, 0.2) is 15.5 Å². The molecule has 1 aliphatic rings. The fourth-order valence-corrected chi connectivity index (χ4v) is 0.216. The molecule has 4 nitrogen and oxygen atoms in total. The van der Waals surface area contributed by atoms with E-state index >= 15 is 0 Å². The molecule has 0 saturated carbocycles. The molecular weight excluding hydrogens is 80.0 g/mol. The van der Waals surface area contributed by atoms with Gasteiger partial charge in [-0.1, -0.05) is 5.22 Å². The zero-order chi connectivity index (χ0) is 4.24. The van der Waals surface area contributed by atoms with E-state index in [0.717, 1.165) is 0 Å². The second kappa shape index (κ2) is 1.49. The van der Waals surface area contributed by atoms with Crippen LogP contribution in [-0.2, 0) is 0 Å². The second-order valence-corrected chi connectivity index (χ2v) is 0.850. The largest absolute Gasteiger partial charge is 0.285 e. The Kier molecular flexibility index (Phi) is 0.813. The summed E-state index contributed by atoms with van der Waals surface area (Å²) >= 11 is 0. The van der Waals surface area contributed by atoms with Crippen LogP contribution in [0.25, 0.3) is 0 Å². The number of hydrogen-bond donors (Lipinski definition) is 1. The molecule has 0 saturated heterocycles. The summed E-state index contributed by atoms with van der Waals surface area (Å²) < 4.78 is 0. The number of hydrogen-bond acceptors (Lipinski definition) is 4. The van der Waals surface area contributed by atoms with Crippen LogP contribution < -0.4 is 5.43 Å². The van der Waals surface area contributed by atoms with Gasteiger partial charge in [0, 0.05) is 6.21 Å². The van der Waals surface area contributed by atoms with E-state index in [-0.39, 0.29) is 0 Å². The van der Waals surface area contributed by atoms with E-state index in [2.05, 4.69) is 21.0 Å². The Balaban J connectivity index is 2.46. The summed E-state index contributed by atoms with van der Waals surface area (Å²) in [4.78, 5) is 0. The lowest BCUT2D eigenvalue weighted by Crippen LogP contribution is -2.09. The van der Waals surface area contributed by atoms with E-state index < -0.39 is 0 Å². The Labute approximate surface area is 34.9 Å². The topological polar surface area (TPSA) is 49.1 Å². The van der Waals surface area contributed by atoms with E-state index in [9.17, 15) is 0 Å². The SMILES string of the molecule is C1=NN=NNC1. The van der Waals surface area contributed by atoms with Gasteiger partial charge in [-0.05, 0) is 5.22 Å². The van der Waals surface area contributed by atoms with Gasteiger partial charge in [0.15, 0.2) is 0 Å². The molecule has 0 aromatic rings. The van der Waals surface area contributed by atoms with E-state index in [1.54, 1.807) is 6.21 Å². The van der Waals surface area contributed by atoms with Gasteiger partial charge in [0.25, 0.3) is 0 Å². The molecule has 0 aromatic carbocycles. The Hall–Kier alpha value is -0.930. The number of nitrogens with one attached hydrogen (secondary N) is 1. The highest BCUT2D eigenvalue weighted by Gasteiger charge is 1.77. The van der Waals surface area contributed by atoms with Crippen LogP contribution in [-0.4, -0.2) is 12.8 Å². The van der Waals surface area contributed by atoms with Crippen molar-refractivity contribution in [3.8, 4) is 0 Å². The van der Waals surface area contributed by atoms with Crippen LogP contribution in [0.5, 0.6) is 0 Å². The van der Waals surface area contributed by atoms with Crippen molar-refractivity contribution in [1.82, 2.24) is 5.43 Å². The number of rotatable bonds is 0. The molecule has 1 heterocycles. The predicted octanol–water partition coefficient (Wildman–Crippen LogP) is -0.0574. The van der Waals surface area contributed by atoms with Gasteiger partial charge in [0.05, 0.1) is 6.54 Å². The average Bonchev–Trinajstić information content (AvgIpc) is 1.72. The summed E-state index contributed by atoms with van der Waals surface area (Å²) in [5.74, 6) is 0. The minimum atomic E-state index is 0.698. The van der Waals surface area contributed by atoms with Crippen LogP contribution in [0.4, 0.5) is 0 Å². The first kappa shape index (κ1) is 3.27. The van der Waals surface area contributed by atoms with Crippen molar-refractivity contribution < 1.29 is 0 Å². The third-order valence-electron chi connectivity index (χ3n) is 0.431. The van der Waals surface area contributed by atoms with Crippen LogP contribution in [0.1, 0.15) is 0 Å². The van der Waals surface area contributed by atoms with Gasteiger partial charge < -0.3 is 0 Å². The molecule has 0 fully saturated rings. The third kappa shape index (κ3) is 0.512. The van der Waals surface area contributed by atoms with Crippen molar-refractivity contribution in [1.29, 1.82) is 0 Å². The van der Waals surface area contributed by atoms with Crippen molar-refractivity contribution in [2.75, 3.05) is 6.54 Å². The lowest BCUT2D eigenvalue weighted by atomic mass is 10.7. The van der Waals surface area contributed by atoms with E-state index in [1.807, 2.05) is 0 Å². The van der Waals surface area contributed by atoms with Crippen LogP contribution in [0, 0.1) is 0 Å². The molecule has 0 amide bonds. The quantitative estimate of drug-likeness (QED) is 0.439. The maximum atomic E-state index is 3.45. The molecule has 32 valence electrons.